The van der Waals surface area contributed by atoms with Crippen molar-refractivity contribution in [1.29, 1.82) is 0 Å². The van der Waals surface area contributed by atoms with Gasteiger partial charge < -0.3 is 20.7 Å². The van der Waals surface area contributed by atoms with Gasteiger partial charge in [-0.05, 0) is 25.3 Å². The molecular weight excluding hydrogens is 206 g/mol. The minimum absolute atomic E-state index is 0.0312. The first-order valence-corrected chi connectivity index (χ1v) is 6.04. The molecule has 0 saturated carbocycles. The van der Waals surface area contributed by atoms with Gasteiger partial charge in [0.2, 0.25) is 0 Å². The Morgan fingerprint density at radius 2 is 2.19 bits per heavy atom. The van der Waals surface area contributed by atoms with Crippen LogP contribution >= 0.6 is 0 Å². The van der Waals surface area contributed by atoms with E-state index in [0.717, 1.165) is 25.9 Å². The van der Waals surface area contributed by atoms with Crippen LogP contribution in [0, 0.1) is 5.92 Å². The summed E-state index contributed by atoms with van der Waals surface area (Å²) >= 11 is 0. The van der Waals surface area contributed by atoms with Crippen molar-refractivity contribution < 1.29 is 9.53 Å². The molecular formula is C11H23N3O2. The summed E-state index contributed by atoms with van der Waals surface area (Å²) in [6, 6.07) is 0.0312. The molecule has 5 heteroatoms. The van der Waals surface area contributed by atoms with Gasteiger partial charge in [-0.15, -0.1) is 0 Å². The average Bonchev–Trinajstić information content (AvgIpc) is 2.35. The van der Waals surface area contributed by atoms with Crippen LogP contribution in [0.1, 0.15) is 19.8 Å². The average molecular weight is 229 g/mol. The Bertz CT molecular complexity index is 205. The number of nitrogens with one attached hydrogen (secondary N) is 1. The van der Waals surface area contributed by atoms with Crippen LogP contribution in [0.2, 0.25) is 0 Å². The zero-order chi connectivity index (χ0) is 11.8. The molecule has 1 unspecified atom stereocenters. The highest BCUT2D eigenvalue weighted by molar-refractivity contribution is 5.74. The number of urea groups is 1. The molecule has 0 bridgehead atoms. The second kappa shape index (κ2) is 7.46. The fraction of sp³-hybridized carbons (Fsp3) is 0.909. The molecule has 5 nitrogen and oxygen atoms in total. The highest BCUT2D eigenvalue weighted by Gasteiger charge is 2.15. The van der Waals surface area contributed by atoms with Gasteiger partial charge in [-0.1, -0.05) is 6.92 Å². The van der Waals surface area contributed by atoms with Crippen molar-refractivity contribution in [3.8, 4) is 0 Å². The van der Waals surface area contributed by atoms with E-state index in [1.807, 2.05) is 0 Å². The van der Waals surface area contributed by atoms with Crippen molar-refractivity contribution in [3.63, 3.8) is 0 Å². The molecule has 16 heavy (non-hydrogen) atoms. The Labute approximate surface area is 97.3 Å². The molecule has 1 aliphatic heterocycles. The summed E-state index contributed by atoms with van der Waals surface area (Å²) in [6.07, 6.45) is 2.06. The van der Waals surface area contributed by atoms with Gasteiger partial charge >= 0.3 is 6.03 Å². The first-order valence-electron chi connectivity index (χ1n) is 6.04. The normalized spacial score (nSPS) is 18.2. The molecule has 1 fully saturated rings. The molecule has 0 aromatic carbocycles. The van der Waals surface area contributed by atoms with Gasteiger partial charge in [0.15, 0.2) is 0 Å². The van der Waals surface area contributed by atoms with Crippen molar-refractivity contribution in [2.24, 2.45) is 11.7 Å². The van der Waals surface area contributed by atoms with Crippen molar-refractivity contribution in [2.75, 3.05) is 39.4 Å². The summed E-state index contributed by atoms with van der Waals surface area (Å²) in [6.45, 7) is 6.28. The molecule has 1 rings (SSSR count). The number of hydrogen-bond acceptors (Lipinski definition) is 3. The second-order valence-corrected chi connectivity index (χ2v) is 4.31. The summed E-state index contributed by atoms with van der Waals surface area (Å²) in [5.74, 6) is 0.542. The number of carbonyl (C=O) groups is 1. The van der Waals surface area contributed by atoms with E-state index in [2.05, 4.69) is 12.2 Å². The molecule has 1 heterocycles. The SMILES string of the molecule is CC(CN)CCCNC(=O)N1CCOCC1. The second-order valence-electron chi connectivity index (χ2n) is 4.31. The number of morpholine rings is 1. The Kier molecular flexibility index (Phi) is 6.18. The molecule has 0 aliphatic carbocycles. The summed E-state index contributed by atoms with van der Waals surface area (Å²) in [5, 5.41) is 2.92. The third kappa shape index (κ3) is 4.81. The van der Waals surface area contributed by atoms with E-state index >= 15 is 0 Å². The van der Waals surface area contributed by atoms with Gasteiger partial charge in [-0.3, -0.25) is 0 Å². The lowest BCUT2D eigenvalue weighted by molar-refractivity contribution is 0.0532. The number of nitrogens with two attached hydrogens (primary N) is 1. The van der Waals surface area contributed by atoms with Crippen LogP contribution in [0.5, 0.6) is 0 Å². The van der Waals surface area contributed by atoms with Crippen LogP contribution in [-0.4, -0.2) is 50.3 Å². The summed E-state index contributed by atoms with van der Waals surface area (Å²) in [5.41, 5.74) is 5.52. The van der Waals surface area contributed by atoms with E-state index in [4.69, 9.17) is 10.5 Å². The van der Waals surface area contributed by atoms with E-state index in [0.29, 0.717) is 32.2 Å². The third-order valence-electron chi connectivity index (χ3n) is 2.85. The largest absolute Gasteiger partial charge is 0.378 e. The van der Waals surface area contributed by atoms with Gasteiger partial charge in [0.25, 0.3) is 0 Å². The monoisotopic (exact) mass is 229 g/mol. The molecule has 0 radical (unpaired) electrons. The van der Waals surface area contributed by atoms with E-state index in [-0.39, 0.29) is 6.03 Å². The lowest BCUT2D eigenvalue weighted by Gasteiger charge is -2.27. The van der Waals surface area contributed by atoms with Crippen LogP contribution in [0.15, 0.2) is 0 Å². The van der Waals surface area contributed by atoms with E-state index in [9.17, 15) is 4.79 Å². The highest BCUT2D eigenvalue weighted by Crippen LogP contribution is 2.02. The predicted octanol–water partition coefficient (Wildman–Crippen LogP) is 0.403. The first kappa shape index (κ1) is 13.3. The summed E-state index contributed by atoms with van der Waals surface area (Å²) in [4.78, 5) is 13.4. The minimum Gasteiger partial charge on any atom is -0.378 e. The van der Waals surface area contributed by atoms with Gasteiger partial charge in [0.1, 0.15) is 0 Å². The molecule has 0 aromatic rings. The number of rotatable bonds is 5. The molecule has 0 spiro atoms. The first-order chi connectivity index (χ1) is 7.74. The van der Waals surface area contributed by atoms with Crippen molar-refractivity contribution in [1.82, 2.24) is 10.2 Å². The number of ether oxygens (including phenoxy) is 1. The van der Waals surface area contributed by atoms with Gasteiger partial charge in [0.05, 0.1) is 13.2 Å². The maximum absolute atomic E-state index is 11.6. The van der Waals surface area contributed by atoms with E-state index in [1.165, 1.54) is 0 Å². The Balaban J connectivity index is 2.05. The molecule has 0 aromatic heterocycles. The summed E-state index contributed by atoms with van der Waals surface area (Å²) in [7, 11) is 0. The predicted molar refractivity (Wildman–Crippen MR) is 63.2 cm³/mol. The number of amides is 2. The number of carbonyl (C=O) groups excluding carboxylic acids is 1. The van der Waals surface area contributed by atoms with Gasteiger partial charge in [0, 0.05) is 19.6 Å². The highest BCUT2D eigenvalue weighted by atomic mass is 16.5. The van der Waals surface area contributed by atoms with Gasteiger partial charge in [-0.2, -0.15) is 0 Å². The molecule has 1 aliphatic rings. The fourth-order valence-corrected chi connectivity index (χ4v) is 1.64. The van der Waals surface area contributed by atoms with Crippen LogP contribution in [-0.2, 0) is 4.74 Å². The quantitative estimate of drug-likeness (QED) is 0.671. The topological polar surface area (TPSA) is 67.6 Å². The molecule has 94 valence electrons. The lowest BCUT2D eigenvalue weighted by Crippen LogP contribution is -2.46. The van der Waals surface area contributed by atoms with E-state index in [1.54, 1.807) is 4.90 Å². The maximum atomic E-state index is 11.6. The Hall–Kier alpha value is -0.810. The summed E-state index contributed by atoms with van der Waals surface area (Å²) < 4.78 is 5.19. The smallest absolute Gasteiger partial charge is 0.317 e. The molecule has 1 saturated heterocycles. The van der Waals surface area contributed by atoms with Crippen LogP contribution < -0.4 is 11.1 Å². The lowest BCUT2D eigenvalue weighted by atomic mass is 10.1. The van der Waals surface area contributed by atoms with Gasteiger partial charge in [-0.25, -0.2) is 4.79 Å². The minimum atomic E-state index is 0.0312. The van der Waals surface area contributed by atoms with Crippen LogP contribution in [0.3, 0.4) is 0 Å². The maximum Gasteiger partial charge on any atom is 0.317 e. The zero-order valence-corrected chi connectivity index (χ0v) is 10.1. The third-order valence-corrected chi connectivity index (χ3v) is 2.85. The number of nitrogens with zero attached hydrogens (tertiary/aromatic N) is 1. The Morgan fingerprint density at radius 3 is 2.81 bits per heavy atom. The fourth-order valence-electron chi connectivity index (χ4n) is 1.64. The van der Waals surface area contributed by atoms with Crippen molar-refractivity contribution >= 4 is 6.03 Å². The standard InChI is InChI=1S/C11H23N3O2/c1-10(9-12)3-2-4-13-11(15)14-5-7-16-8-6-14/h10H,2-9,12H2,1H3,(H,13,15). The molecule has 2 amide bonds. The van der Waals surface area contributed by atoms with Crippen LogP contribution in [0.25, 0.3) is 0 Å². The zero-order valence-electron chi connectivity index (χ0n) is 10.1. The Morgan fingerprint density at radius 1 is 1.50 bits per heavy atom. The molecule has 1 atom stereocenters. The number of hydrogen-bond donors (Lipinski definition) is 2. The van der Waals surface area contributed by atoms with Crippen molar-refractivity contribution in [3.05, 3.63) is 0 Å². The molecule has 3 N–H and O–H groups in total. The van der Waals surface area contributed by atoms with E-state index < -0.39 is 0 Å². The van der Waals surface area contributed by atoms with Crippen LogP contribution in [0.4, 0.5) is 4.79 Å². The van der Waals surface area contributed by atoms with Crippen molar-refractivity contribution in [2.45, 2.75) is 19.8 Å².